The van der Waals surface area contributed by atoms with Gasteiger partial charge in [-0.15, -0.1) is 0 Å². The standard InChI is InChI=1S/C21H37F2N5O3/c1-20(5-6-20)31-19(30)27-9-3-14(4-10-27)17(24)26-18(29)15-2-8-25-16(12-15)28-11-7-21(22,23)13-28/h14-18,25-26,29H,2-13,24H2,1H3. The molecule has 4 atom stereocenters. The SMILES string of the molecule is CC1(OC(=O)N2CCC(C(N)NC(O)C3CCNC(N4CCC(F)(F)C4)C3)CC2)CC1. The highest BCUT2D eigenvalue weighted by Crippen LogP contribution is 2.39. The number of aliphatic hydroxyl groups is 1. The Kier molecular flexibility index (Phi) is 6.75. The first-order valence-corrected chi connectivity index (χ1v) is 11.7. The molecule has 4 aliphatic rings. The highest BCUT2D eigenvalue weighted by Gasteiger charge is 2.44. The Morgan fingerprint density at radius 2 is 1.90 bits per heavy atom. The third-order valence-electron chi connectivity index (χ3n) is 7.46. The zero-order valence-electron chi connectivity index (χ0n) is 18.4. The van der Waals surface area contributed by atoms with Gasteiger partial charge in [-0.1, -0.05) is 0 Å². The van der Waals surface area contributed by atoms with E-state index in [1.165, 1.54) is 0 Å². The van der Waals surface area contributed by atoms with Crippen LogP contribution in [0.2, 0.25) is 0 Å². The monoisotopic (exact) mass is 445 g/mol. The van der Waals surface area contributed by atoms with Crippen molar-refractivity contribution in [3.63, 3.8) is 0 Å². The average molecular weight is 446 g/mol. The Morgan fingerprint density at radius 3 is 2.52 bits per heavy atom. The van der Waals surface area contributed by atoms with Crippen molar-refractivity contribution in [3.05, 3.63) is 0 Å². The van der Waals surface area contributed by atoms with Crippen molar-refractivity contribution < 1.29 is 23.4 Å². The van der Waals surface area contributed by atoms with Crippen molar-refractivity contribution in [2.45, 2.75) is 82.0 Å². The molecule has 0 spiro atoms. The van der Waals surface area contributed by atoms with Crippen LogP contribution in [-0.4, -0.2) is 83.8 Å². The maximum Gasteiger partial charge on any atom is 0.410 e. The van der Waals surface area contributed by atoms with Crippen molar-refractivity contribution in [2.24, 2.45) is 17.6 Å². The van der Waals surface area contributed by atoms with E-state index in [4.69, 9.17) is 10.5 Å². The van der Waals surface area contributed by atoms with E-state index in [0.29, 0.717) is 32.6 Å². The lowest BCUT2D eigenvalue weighted by atomic mass is 9.91. The number of amides is 1. The predicted molar refractivity (Wildman–Crippen MR) is 111 cm³/mol. The number of halogens is 2. The van der Waals surface area contributed by atoms with Crippen LogP contribution in [0.15, 0.2) is 0 Å². The second-order valence-electron chi connectivity index (χ2n) is 10.1. The first-order valence-electron chi connectivity index (χ1n) is 11.7. The number of nitrogens with two attached hydrogens (primary N) is 1. The molecule has 31 heavy (non-hydrogen) atoms. The lowest BCUT2D eigenvalue weighted by molar-refractivity contribution is -0.0128. The molecule has 3 saturated heterocycles. The summed E-state index contributed by atoms with van der Waals surface area (Å²) in [7, 11) is 0. The number of carbonyl (C=O) groups excluding carboxylic acids is 1. The molecule has 1 aliphatic carbocycles. The number of nitrogens with zero attached hydrogens (tertiary/aromatic N) is 2. The summed E-state index contributed by atoms with van der Waals surface area (Å²) < 4.78 is 32.7. The molecule has 0 radical (unpaired) electrons. The molecule has 0 aromatic rings. The van der Waals surface area contributed by atoms with E-state index >= 15 is 0 Å². The van der Waals surface area contributed by atoms with E-state index in [1.807, 2.05) is 6.92 Å². The Hall–Kier alpha value is -1.07. The van der Waals surface area contributed by atoms with Gasteiger partial charge >= 0.3 is 6.09 Å². The number of hydrogen-bond donors (Lipinski definition) is 4. The van der Waals surface area contributed by atoms with Crippen LogP contribution in [0.1, 0.15) is 51.9 Å². The third kappa shape index (κ3) is 5.84. The Bertz CT molecular complexity index is 643. The first kappa shape index (κ1) is 23.1. The molecule has 4 fully saturated rings. The number of rotatable bonds is 6. The molecule has 8 nitrogen and oxygen atoms in total. The topological polar surface area (TPSA) is 103 Å². The fourth-order valence-corrected chi connectivity index (χ4v) is 4.98. The van der Waals surface area contributed by atoms with Gasteiger partial charge in [-0.3, -0.25) is 10.2 Å². The van der Waals surface area contributed by atoms with Crippen molar-refractivity contribution in [1.29, 1.82) is 0 Å². The van der Waals surface area contributed by atoms with Crippen LogP contribution in [0.4, 0.5) is 13.6 Å². The summed E-state index contributed by atoms with van der Waals surface area (Å²) in [5.74, 6) is -2.50. The van der Waals surface area contributed by atoms with Crippen molar-refractivity contribution in [2.75, 3.05) is 32.7 Å². The van der Waals surface area contributed by atoms with Gasteiger partial charge in [-0.05, 0) is 57.9 Å². The first-order chi connectivity index (χ1) is 14.6. The maximum absolute atomic E-state index is 13.6. The van der Waals surface area contributed by atoms with Gasteiger partial charge in [0.25, 0.3) is 5.92 Å². The molecule has 3 heterocycles. The van der Waals surface area contributed by atoms with Crippen LogP contribution in [-0.2, 0) is 4.74 Å². The zero-order valence-corrected chi connectivity index (χ0v) is 18.4. The minimum Gasteiger partial charge on any atom is -0.443 e. The fraction of sp³-hybridized carbons (Fsp3) is 0.952. The second kappa shape index (κ2) is 9.05. The van der Waals surface area contributed by atoms with Gasteiger partial charge in [0.15, 0.2) is 0 Å². The van der Waals surface area contributed by atoms with Gasteiger partial charge in [0.1, 0.15) is 11.8 Å². The van der Waals surface area contributed by atoms with Gasteiger partial charge in [-0.2, -0.15) is 0 Å². The Labute approximate surface area is 182 Å². The molecule has 10 heteroatoms. The molecule has 178 valence electrons. The van der Waals surface area contributed by atoms with E-state index in [-0.39, 0.29) is 48.8 Å². The molecule has 3 aliphatic heterocycles. The zero-order chi connectivity index (χ0) is 22.2. The number of hydrogen-bond acceptors (Lipinski definition) is 7. The minimum absolute atomic E-state index is 0.0409. The van der Waals surface area contributed by atoms with Gasteiger partial charge in [0, 0.05) is 32.0 Å². The molecule has 0 aromatic heterocycles. The van der Waals surface area contributed by atoms with Gasteiger partial charge in [-0.25, -0.2) is 13.6 Å². The van der Waals surface area contributed by atoms with Gasteiger partial charge < -0.3 is 25.8 Å². The summed E-state index contributed by atoms with van der Waals surface area (Å²) in [4.78, 5) is 15.8. The molecule has 0 aromatic carbocycles. The number of nitrogens with one attached hydrogen (secondary N) is 2. The molecular weight excluding hydrogens is 408 g/mol. The van der Waals surface area contributed by atoms with Crippen LogP contribution in [0.25, 0.3) is 0 Å². The highest BCUT2D eigenvalue weighted by molar-refractivity contribution is 5.68. The van der Waals surface area contributed by atoms with Crippen molar-refractivity contribution in [3.8, 4) is 0 Å². The Morgan fingerprint density at radius 1 is 1.19 bits per heavy atom. The summed E-state index contributed by atoms with van der Waals surface area (Å²) in [5, 5.41) is 17.2. The van der Waals surface area contributed by atoms with E-state index in [0.717, 1.165) is 32.1 Å². The smallest absolute Gasteiger partial charge is 0.410 e. The number of aliphatic hydroxyl groups excluding tert-OH is 1. The van der Waals surface area contributed by atoms with Crippen LogP contribution in [0.3, 0.4) is 0 Å². The summed E-state index contributed by atoms with van der Waals surface area (Å²) in [6.45, 7) is 4.00. The highest BCUT2D eigenvalue weighted by atomic mass is 19.3. The van der Waals surface area contributed by atoms with Crippen LogP contribution in [0, 0.1) is 11.8 Å². The number of piperidine rings is 2. The number of likely N-dealkylation sites (tertiary alicyclic amines) is 2. The molecule has 1 saturated carbocycles. The van der Waals surface area contributed by atoms with Crippen molar-refractivity contribution in [1.82, 2.24) is 20.4 Å². The quantitative estimate of drug-likeness (QED) is 0.456. The molecule has 4 rings (SSSR count). The lowest BCUT2D eigenvalue weighted by Gasteiger charge is -2.40. The lowest BCUT2D eigenvalue weighted by Crippen LogP contribution is -2.57. The maximum atomic E-state index is 13.6. The average Bonchev–Trinajstić information content (AvgIpc) is 3.35. The molecule has 4 unspecified atom stereocenters. The number of ether oxygens (including phenoxy) is 1. The minimum atomic E-state index is -2.62. The van der Waals surface area contributed by atoms with Crippen molar-refractivity contribution >= 4 is 6.09 Å². The van der Waals surface area contributed by atoms with E-state index in [1.54, 1.807) is 9.80 Å². The summed E-state index contributed by atoms with van der Waals surface area (Å²) in [6.07, 6.45) is 3.11. The molecular formula is C21H37F2N5O3. The normalized spacial score (nSPS) is 33.1. The fourth-order valence-electron chi connectivity index (χ4n) is 4.98. The Balaban J connectivity index is 1.20. The molecule has 1 amide bonds. The summed E-state index contributed by atoms with van der Waals surface area (Å²) >= 11 is 0. The largest absolute Gasteiger partial charge is 0.443 e. The predicted octanol–water partition coefficient (Wildman–Crippen LogP) is 1.25. The van der Waals surface area contributed by atoms with E-state index in [9.17, 15) is 18.7 Å². The molecule has 5 N–H and O–H groups in total. The van der Waals surface area contributed by atoms with E-state index in [2.05, 4.69) is 10.6 Å². The van der Waals surface area contributed by atoms with Crippen LogP contribution < -0.4 is 16.4 Å². The van der Waals surface area contributed by atoms with Crippen LogP contribution in [0.5, 0.6) is 0 Å². The van der Waals surface area contributed by atoms with Gasteiger partial charge in [0.05, 0.1) is 18.9 Å². The second-order valence-corrected chi connectivity index (χ2v) is 10.1. The third-order valence-corrected chi connectivity index (χ3v) is 7.46. The van der Waals surface area contributed by atoms with Crippen LogP contribution >= 0.6 is 0 Å². The summed E-state index contributed by atoms with van der Waals surface area (Å²) in [5.41, 5.74) is 6.08. The number of carbonyl (C=O) groups is 1. The molecule has 0 bridgehead atoms. The van der Waals surface area contributed by atoms with Gasteiger partial charge in [0.2, 0.25) is 0 Å². The van der Waals surface area contributed by atoms with E-state index < -0.39 is 12.2 Å². The number of alkyl halides is 2. The summed E-state index contributed by atoms with van der Waals surface area (Å²) in [6, 6.07) is 0.